The number of hydrogen-bond acceptors (Lipinski definition) is 3. The lowest BCUT2D eigenvalue weighted by Crippen LogP contribution is -2.02. The molecule has 1 aromatic rings. The first-order valence-corrected chi connectivity index (χ1v) is 4.37. The Morgan fingerprint density at radius 1 is 1.40 bits per heavy atom. The number of aromatic hydroxyl groups is 1. The average Bonchev–Trinajstić information content (AvgIpc) is 2.20. The van der Waals surface area contributed by atoms with Gasteiger partial charge in [0, 0.05) is 0 Å². The zero-order valence-corrected chi connectivity index (χ0v) is 8.51. The van der Waals surface area contributed by atoms with Gasteiger partial charge in [-0.2, -0.15) is 0 Å². The number of para-hydroxylation sites is 1. The first kappa shape index (κ1) is 13.0. The lowest BCUT2D eigenvalue weighted by atomic mass is 10.3. The summed E-state index contributed by atoms with van der Waals surface area (Å²) in [5.41, 5.74) is 0. The van der Waals surface area contributed by atoms with Gasteiger partial charge >= 0.3 is 5.97 Å². The minimum Gasteiger partial charge on any atom is -0.508 e. The molecule has 0 saturated heterocycles. The molecule has 0 aliphatic carbocycles. The molecule has 1 rings (SSSR count). The SMILES string of the molecule is C=C(OCC)C(=O)O.Oc1ccccc1. The zero-order valence-electron chi connectivity index (χ0n) is 8.51. The number of hydrogen-bond donors (Lipinski definition) is 2. The minimum absolute atomic E-state index is 0.201. The van der Waals surface area contributed by atoms with Crippen molar-refractivity contribution in [2.24, 2.45) is 0 Å². The van der Waals surface area contributed by atoms with E-state index < -0.39 is 5.97 Å². The first-order chi connectivity index (χ1) is 7.07. The molecule has 0 spiro atoms. The maximum atomic E-state index is 9.86. The highest BCUT2D eigenvalue weighted by molar-refractivity contribution is 5.83. The molecule has 0 saturated carbocycles. The number of carboxylic acids is 1. The molecule has 0 atom stereocenters. The van der Waals surface area contributed by atoms with E-state index in [9.17, 15) is 4.79 Å². The second-order valence-electron chi connectivity index (χ2n) is 2.50. The van der Waals surface area contributed by atoms with E-state index in [1.807, 2.05) is 6.07 Å². The van der Waals surface area contributed by atoms with Crippen LogP contribution in [0.3, 0.4) is 0 Å². The van der Waals surface area contributed by atoms with Crippen LogP contribution in [0.1, 0.15) is 6.92 Å². The normalized spacial score (nSPS) is 8.33. The Balaban J connectivity index is 0.000000262. The van der Waals surface area contributed by atoms with Crippen LogP contribution in [0.2, 0.25) is 0 Å². The van der Waals surface area contributed by atoms with E-state index >= 15 is 0 Å². The maximum absolute atomic E-state index is 9.86. The van der Waals surface area contributed by atoms with Crippen LogP contribution >= 0.6 is 0 Å². The Hall–Kier alpha value is -1.97. The largest absolute Gasteiger partial charge is 0.508 e. The smallest absolute Gasteiger partial charge is 0.370 e. The third kappa shape index (κ3) is 7.13. The molecule has 0 bridgehead atoms. The first-order valence-electron chi connectivity index (χ1n) is 4.37. The molecule has 2 N–H and O–H groups in total. The molecule has 0 heterocycles. The third-order valence-corrected chi connectivity index (χ3v) is 1.31. The van der Waals surface area contributed by atoms with E-state index in [1.165, 1.54) is 0 Å². The van der Waals surface area contributed by atoms with Gasteiger partial charge in [0.25, 0.3) is 0 Å². The molecule has 0 fully saturated rings. The number of aliphatic carboxylic acids is 1. The van der Waals surface area contributed by atoms with Gasteiger partial charge in [-0.1, -0.05) is 18.2 Å². The highest BCUT2D eigenvalue weighted by Crippen LogP contribution is 2.02. The Morgan fingerprint density at radius 3 is 2.13 bits per heavy atom. The predicted octanol–water partition coefficient (Wildman–Crippen LogP) is 2.01. The predicted molar refractivity (Wildman–Crippen MR) is 56.5 cm³/mol. The number of ether oxygens (including phenoxy) is 1. The number of benzene rings is 1. The van der Waals surface area contributed by atoms with Gasteiger partial charge in [0.1, 0.15) is 5.75 Å². The number of rotatable bonds is 3. The fourth-order valence-corrected chi connectivity index (χ4v) is 0.664. The fraction of sp³-hybridized carbons (Fsp3) is 0.182. The highest BCUT2D eigenvalue weighted by atomic mass is 16.5. The average molecular weight is 210 g/mol. The number of phenols is 1. The van der Waals surface area contributed by atoms with Crippen LogP contribution in [0.4, 0.5) is 0 Å². The Kier molecular flexibility index (Phi) is 6.46. The standard InChI is InChI=1S/C6H6O.C5H8O3/c7-6-4-2-1-3-5-6;1-3-8-4(2)5(6)7/h1-5,7H;2-3H2,1H3,(H,6,7). The summed E-state index contributed by atoms with van der Waals surface area (Å²) < 4.78 is 4.51. The summed E-state index contributed by atoms with van der Waals surface area (Å²) in [6.07, 6.45) is 0. The molecule has 0 aliphatic rings. The summed E-state index contributed by atoms with van der Waals surface area (Å²) in [5, 5.41) is 16.7. The number of carbonyl (C=O) groups is 1. The van der Waals surface area contributed by atoms with Crippen LogP contribution in [-0.2, 0) is 9.53 Å². The Bertz CT molecular complexity index is 306. The molecule has 15 heavy (non-hydrogen) atoms. The van der Waals surface area contributed by atoms with Crippen molar-refractivity contribution in [2.45, 2.75) is 6.92 Å². The van der Waals surface area contributed by atoms with Gasteiger partial charge in [0.15, 0.2) is 5.76 Å². The van der Waals surface area contributed by atoms with Crippen molar-refractivity contribution >= 4 is 5.97 Å². The van der Waals surface area contributed by atoms with E-state index in [1.54, 1.807) is 31.2 Å². The molecule has 4 heteroatoms. The van der Waals surface area contributed by atoms with Gasteiger partial charge in [-0.3, -0.25) is 0 Å². The van der Waals surface area contributed by atoms with Crippen LogP contribution in [-0.4, -0.2) is 22.8 Å². The van der Waals surface area contributed by atoms with Crippen LogP contribution < -0.4 is 0 Å². The zero-order chi connectivity index (χ0) is 11.7. The van der Waals surface area contributed by atoms with Crippen molar-refractivity contribution in [3.63, 3.8) is 0 Å². The summed E-state index contributed by atoms with van der Waals surface area (Å²) in [5.74, 6) is -0.984. The van der Waals surface area contributed by atoms with Crippen molar-refractivity contribution in [1.82, 2.24) is 0 Å². The van der Waals surface area contributed by atoms with E-state index in [2.05, 4.69) is 11.3 Å². The number of phenolic OH excluding ortho intramolecular Hbond substituents is 1. The molecule has 4 nitrogen and oxygen atoms in total. The van der Waals surface area contributed by atoms with E-state index in [-0.39, 0.29) is 5.76 Å². The van der Waals surface area contributed by atoms with Crippen LogP contribution in [0.5, 0.6) is 5.75 Å². The molecule has 0 aliphatic heterocycles. The molecule has 1 aromatic carbocycles. The third-order valence-electron chi connectivity index (χ3n) is 1.31. The quantitative estimate of drug-likeness (QED) is 0.591. The van der Waals surface area contributed by atoms with E-state index in [0.717, 1.165) is 0 Å². The van der Waals surface area contributed by atoms with Crippen LogP contribution in [0, 0.1) is 0 Å². The summed E-state index contributed by atoms with van der Waals surface area (Å²) >= 11 is 0. The van der Waals surface area contributed by atoms with Crippen molar-refractivity contribution in [3.05, 3.63) is 42.7 Å². The minimum atomic E-state index is -1.10. The van der Waals surface area contributed by atoms with Crippen molar-refractivity contribution in [3.8, 4) is 5.75 Å². The molecular weight excluding hydrogens is 196 g/mol. The summed E-state index contributed by atoms with van der Waals surface area (Å²) in [7, 11) is 0. The van der Waals surface area contributed by atoms with Crippen molar-refractivity contribution < 1.29 is 19.7 Å². The Morgan fingerprint density at radius 2 is 1.93 bits per heavy atom. The molecule has 0 amide bonds. The van der Waals surface area contributed by atoms with Gasteiger partial charge in [0.05, 0.1) is 6.61 Å². The molecular formula is C11H14O4. The van der Waals surface area contributed by atoms with Crippen molar-refractivity contribution in [1.29, 1.82) is 0 Å². The Labute approximate surface area is 88.4 Å². The van der Waals surface area contributed by atoms with Crippen LogP contribution in [0.15, 0.2) is 42.7 Å². The number of carboxylic acid groups (broad SMARTS) is 1. The van der Waals surface area contributed by atoms with Crippen LogP contribution in [0.25, 0.3) is 0 Å². The summed E-state index contributed by atoms with van der Waals surface area (Å²) in [4.78, 5) is 9.86. The summed E-state index contributed by atoms with van der Waals surface area (Å²) in [6.45, 7) is 5.18. The topological polar surface area (TPSA) is 66.8 Å². The van der Waals surface area contributed by atoms with Gasteiger partial charge in [0.2, 0.25) is 0 Å². The van der Waals surface area contributed by atoms with Crippen molar-refractivity contribution in [2.75, 3.05) is 6.61 Å². The van der Waals surface area contributed by atoms with E-state index in [4.69, 9.17) is 10.2 Å². The lowest BCUT2D eigenvalue weighted by Gasteiger charge is -1.97. The molecule has 0 radical (unpaired) electrons. The monoisotopic (exact) mass is 210 g/mol. The molecule has 0 unspecified atom stereocenters. The fourth-order valence-electron chi connectivity index (χ4n) is 0.664. The van der Waals surface area contributed by atoms with Gasteiger partial charge in [-0.15, -0.1) is 0 Å². The molecule has 0 aromatic heterocycles. The lowest BCUT2D eigenvalue weighted by molar-refractivity contribution is -0.136. The second kappa shape index (κ2) is 7.44. The summed E-state index contributed by atoms with van der Waals surface area (Å²) in [6, 6.07) is 8.71. The van der Waals surface area contributed by atoms with Gasteiger partial charge in [-0.25, -0.2) is 4.79 Å². The van der Waals surface area contributed by atoms with Gasteiger partial charge < -0.3 is 14.9 Å². The maximum Gasteiger partial charge on any atom is 0.370 e. The van der Waals surface area contributed by atoms with E-state index in [0.29, 0.717) is 12.4 Å². The second-order valence-corrected chi connectivity index (χ2v) is 2.50. The van der Waals surface area contributed by atoms with Gasteiger partial charge in [-0.05, 0) is 25.6 Å². The molecule has 82 valence electrons. The highest BCUT2D eigenvalue weighted by Gasteiger charge is 2.00.